The number of likely N-dealkylation sites (N-methyl/N-ethyl adjacent to an activating group) is 1. The molecule has 0 aliphatic carbocycles. The Bertz CT molecular complexity index is 323. The molecule has 0 atom stereocenters. The second kappa shape index (κ2) is 4.89. The fourth-order valence-electron chi connectivity index (χ4n) is 1.22. The fraction of sp³-hybridized carbons (Fsp3) is 0.455. The van der Waals surface area contributed by atoms with Gasteiger partial charge in [-0.15, -0.1) is 0 Å². The van der Waals surface area contributed by atoms with E-state index in [9.17, 15) is 4.39 Å². The van der Waals surface area contributed by atoms with Gasteiger partial charge < -0.3 is 4.90 Å². The maximum absolute atomic E-state index is 13.4. The van der Waals surface area contributed by atoms with E-state index in [1.165, 1.54) is 0 Å². The van der Waals surface area contributed by atoms with Gasteiger partial charge in [0.05, 0.1) is 0 Å². The molecule has 0 N–H and O–H groups in total. The molecule has 0 amide bonds. The fourth-order valence-corrected chi connectivity index (χ4v) is 1.61. The van der Waals surface area contributed by atoms with Crippen LogP contribution in [0, 0.1) is 12.7 Å². The monoisotopic (exact) mass is 259 g/mol. The molecule has 1 nitrogen and oxygen atoms in total. The highest BCUT2D eigenvalue weighted by Gasteiger charge is 2.05. The lowest BCUT2D eigenvalue weighted by molar-refractivity contribution is 0.410. The van der Waals surface area contributed by atoms with Crippen LogP contribution in [0.4, 0.5) is 4.39 Å². The van der Waals surface area contributed by atoms with E-state index >= 15 is 0 Å². The zero-order valence-corrected chi connectivity index (χ0v) is 10.4. The van der Waals surface area contributed by atoms with Gasteiger partial charge >= 0.3 is 0 Å². The third-order valence-corrected chi connectivity index (χ3v) is 3.01. The number of nitrogens with zero attached hydrogens (tertiary/aromatic N) is 1. The van der Waals surface area contributed by atoms with Gasteiger partial charge in [-0.2, -0.15) is 0 Å². The summed E-state index contributed by atoms with van der Waals surface area (Å²) < 4.78 is 14.4. The second-order valence-electron chi connectivity index (χ2n) is 3.75. The van der Waals surface area contributed by atoms with Crippen LogP contribution >= 0.6 is 15.9 Å². The Balaban J connectivity index is 2.82. The molecule has 0 aromatic heterocycles. The molecule has 0 radical (unpaired) electrons. The molecular formula is C11H15BrFN. The van der Waals surface area contributed by atoms with Crippen molar-refractivity contribution in [1.82, 2.24) is 4.90 Å². The third-order valence-electron chi connectivity index (χ3n) is 2.16. The van der Waals surface area contributed by atoms with E-state index in [-0.39, 0.29) is 5.82 Å². The average Bonchev–Trinajstić information content (AvgIpc) is 2.09. The summed E-state index contributed by atoms with van der Waals surface area (Å²) in [7, 11) is 3.97. The lowest BCUT2D eigenvalue weighted by Crippen LogP contribution is -2.15. The van der Waals surface area contributed by atoms with Crippen LogP contribution in [0.5, 0.6) is 0 Å². The Labute approximate surface area is 93.0 Å². The average molecular weight is 260 g/mol. The summed E-state index contributed by atoms with van der Waals surface area (Å²) in [5, 5.41) is 0. The Morgan fingerprint density at radius 1 is 1.36 bits per heavy atom. The molecule has 0 aliphatic rings. The number of hydrogen-bond donors (Lipinski definition) is 0. The van der Waals surface area contributed by atoms with E-state index in [0.717, 1.165) is 28.6 Å². The molecule has 14 heavy (non-hydrogen) atoms. The van der Waals surface area contributed by atoms with E-state index in [0.29, 0.717) is 0 Å². The van der Waals surface area contributed by atoms with Crippen LogP contribution in [-0.4, -0.2) is 25.5 Å². The van der Waals surface area contributed by atoms with Crippen LogP contribution in [0.3, 0.4) is 0 Å². The van der Waals surface area contributed by atoms with Crippen LogP contribution in [0.15, 0.2) is 16.6 Å². The first kappa shape index (κ1) is 11.7. The van der Waals surface area contributed by atoms with Crippen molar-refractivity contribution < 1.29 is 4.39 Å². The normalized spacial score (nSPS) is 11.0. The Morgan fingerprint density at radius 2 is 2.00 bits per heavy atom. The van der Waals surface area contributed by atoms with Crippen LogP contribution in [0.25, 0.3) is 0 Å². The molecule has 0 aliphatic heterocycles. The standard InChI is InChI=1S/C11H15BrFN/c1-8-6-11(13)9(7-10(8)12)4-5-14(2)3/h6-7H,4-5H2,1-3H3. The highest BCUT2D eigenvalue weighted by Crippen LogP contribution is 2.20. The quantitative estimate of drug-likeness (QED) is 0.807. The summed E-state index contributed by atoms with van der Waals surface area (Å²) in [5.74, 6) is -0.104. The molecule has 0 saturated heterocycles. The van der Waals surface area contributed by atoms with Crippen molar-refractivity contribution in [2.75, 3.05) is 20.6 Å². The van der Waals surface area contributed by atoms with E-state index in [1.54, 1.807) is 6.07 Å². The summed E-state index contributed by atoms with van der Waals surface area (Å²) in [6.45, 7) is 2.76. The van der Waals surface area contributed by atoms with Gasteiger partial charge in [0, 0.05) is 11.0 Å². The molecule has 1 aromatic carbocycles. The van der Waals surface area contributed by atoms with E-state index in [4.69, 9.17) is 0 Å². The first-order valence-electron chi connectivity index (χ1n) is 4.60. The first-order chi connectivity index (χ1) is 6.50. The lowest BCUT2D eigenvalue weighted by atomic mass is 10.1. The second-order valence-corrected chi connectivity index (χ2v) is 4.60. The van der Waals surface area contributed by atoms with E-state index < -0.39 is 0 Å². The van der Waals surface area contributed by atoms with Gasteiger partial charge in [0.25, 0.3) is 0 Å². The molecule has 0 fully saturated rings. The van der Waals surface area contributed by atoms with Gasteiger partial charge in [-0.25, -0.2) is 4.39 Å². The molecule has 0 saturated carbocycles. The van der Waals surface area contributed by atoms with Crippen molar-refractivity contribution in [3.63, 3.8) is 0 Å². The summed E-state index contributed by atoms with van der Waals surface area (Å²) in [5.41, 5.74) is 1.72. The minimum atomic E-state index is -0.104. The molecule has 78 valence electrons. The van der Waals surface area contributed by atoms with Gasteiger partial charge in [0.15, 0.2) is 0 Å². The highest BCUT2D eigenvalue weighted by molar-refractivity contribution is 9.10. The number of hydrogen-bond acceptors (Lipinski definition) is 1. The maximum atomic E-state index is 13.4. The zero-order chi connectivity index (χ0) is 10.7. The van der Waals surface area contributed by atoms with Gasteiger partial charge in [0.1, 0.15) is 5.82 Å². The third kappa shape index (κ3) is 3.07. The molecule has 0 heterocycles. The van der Waals surface area contributed by atoms with Crippen molar-refractivity contribution in [3.8, 4) is 0 Å². The van der Waals surface area contributed by atoms with E-state index in [2.05, 4.69) is 15.9 Å². The van der Waals surface area contributed by atoms with Crippen LogP contribution in [0.2, 0.25) is 0 Å². The summed E-state index contributed by atoms with van der Waals surface area (Å²) >= 11 is 3.41. The van der Waals surface area contributed by atoms with Crippen molar-refractivity contribution in [2.24, 2.45) is 0 Å². The van der Waals surface area contributed by atoms with Gasteiger partial charge in [-0.3, -0.25) is 0 Å². The number of halogens is 2. The number of rotatable bonds is 3. The zero-order valence-electron chi connectivity index (χ0n) is 8.77. The summed E-state index contributed by atoms with van der Waals surface area (Å²) in [6, 6.07) is 3.45. The van der Waals surface area contributed by atoms with Gasteiger partial charge in [0.2, 0.25) is 0 Å². The molecule has 1 aromatic rings. The molecular weight excluding hydrogens is 245 g/mol. The Hall–Kier alpha value is -0.410. The van der Waals surface area contributed by atoms with Gasteiger partial charge in [-0.1, -0.05) is 15.9 Å². The van der Waals surface area contributed by atoms with Crippen molar-refractivity contribution in [1.29, 1.82) is 0 Å². The minimum absolute atomic E-state index is 0.104. The minimum Gasteiger partial charge on any atom is -0.309 e. The van der Waals surface area contributed by atoms with Crippen molar-refractivity contribution in [2.45, 2.75) is 13.3 Å². The lowest BCUT2D eigenvalue weighted by Gasteiger charge is -2.10. The Kier molecular flexibility index (Phi) is 4.08. The molecule has 0 unspecified atom stereocenters. The van der Waals surface area contributed by atoms with Crippen LogP contribution < -0.4 is 0 Å². The largest absolute Gasteiger partial charge is 0.309 e. The number of aryl methyl sites for hydroxylation is 1. The van der Waals surface area contributed by atoms with Gasteiger partial charge in [-0.05, 0) is 50.7 Å². The predicted octanol–water partition coefficient (Wildman–Crippen LogP) is 3.00. The number of benzene rings is 1. The SMILES string of the molecule is Cc1cc(F)c(CCN(C)C)cc1Br. The molecule has 0 bridgehead atoms. The first-order valence-corrected chi connectivity index (χ1v) is 5.39. The summed E-state index contributed by atoms with van der Waals surface area (Å²) in [6.07, 6.45) is 0.748. The summed E-state index contributed by atoms with van der Waals surface area (Å²) in [4.78, 5) is 2.05. The van der Waals surface area contributed by atoms with Crippen LogP contribution in [-0.2, 0) is 6.42 Å². The molecule has 3 heteroatoms. The smallest absolute Gasteiger partial charge is 0.126 e. The Morgan fingerprint density at radius 3 is 2.57 bits per heavy atom. The van der Waals surface area contributed by atoms with Crippen molar-refractivity contribution >= 4 is 15.9 Å². The molecule has 0 spiro atoms. The van der Waals surface area contributed by atoms with Crippen molar-refractivity contribution in [3.05, 3.63) is 33.5 Å². The van der Waals surface area contributed by atoms with Crippen LogP contribution in [0.1, 0.15) is 11.1 Å². The highest BCUT2D eigenvalue weighted by atomic mass is 79.9. The van der Waals surface area contributed by atoms with E-state index in [1.807, 2.05) is 32.0 Å². The predicted molar refractivity (Wildman–Crippen MR) is 61.1 cm³/mol. The maximum Gasteiger partial charge on any atom is 0.126 e. The topological polar surface area (TPSA) is 3.24 Å². The molecule has 1 rings (SSSR count).